The molecule has 84 valence electrons. The minimum absolute atomic E-state index is 0.591. The van der Waals surface area contributed by atoms with Crippen molar-refractivity contribution in [2.24, 2.45) is 0 Å². The lowest BCUT2D eigenvalue weighted by atomic mass is 10.0. The molecule has 0 spiro atoms. The van der Waals surface area contributed by atoms with E-state index in [1.807, 2.05) is 12.2 Å². The number of allylic oxidation sites excluding steroid dienone is 4. The van der Waals surface area contributed by atoms with Gasteiger partial charge in [0.15, 0.2) is 0 Å². The molecule has 0 N–H and O–H groups in total. The van der Waals surface area contributed by atoms with E-state index in [4.69, 9.17) is 0 Å². The lowest BCUT2D eigenvalue weighted by molar-refractivity contribution is -0.137. The van der Waals surface area contributed by atoms with E-state index in [9.17, 15) is 13.2 Å². The molecular formula is C13H11F3. The lowest BCUT2D eigenvalue weighted by Gasteiger charge is -2.07. The van der Waals surface area contributed by atoms with Crippen LogP contribution in [0.1, 0.15) is 17.5 Å². The first-order chi connectivity index (χ1) is 7.55. The quantitative estimate of drug-likeness (QED) is 0.708. The highest BCUT2D eigenvalue weighted by Gasteiger charge is 2.29. The summed E-state index contributed by atoms with van der Waals surface area (Å²) in [7, 11) is 0. The van der Waals surface area contributed by atoms with Crippen LogP contribution in [0.15, 0.2) is 48.1 Å². The maximum Gasteiger partial charge on any atom is 0.416 e. The van der Waals surface area contributed by atoms with Gasteiger partial charge in [0.25, 0.3) is 0 Å². The van der Waals surface area contributed by atoms with Crippen LogP contribution in [0.5, 0.6) is 0 Å². The van der Waals surface area contributed by atoms with Crippen molar-refractivity contribution in [2.75, 3.05) is 0 Å². The van der Waals surface area contributed by atoms with Gasteiger partial charge in [-0.25, -0.2) is 0 Å². The van der Waals surface area contributed by atoms with Crippen molar-refractivity contribution in [1.29, 1.82) is 0 Å². The van der Waals surface area contributed by atoms with Gasteiger partial charge in [0.1, 0.15) is 0 Å². The molecule has 1 aliphatic rings. The molecule has 0 amide bonds. The zero-order chi connectivity index (χ0) is 11.6. The van der Waals surface area contributed by atoms with Crippen molar-refractivity contribution in [1.82, 2.24) is 0 Å². The second-order valence-corrected chi connectivity index (χ2v) is 3.79. The molecule has 3 heteroatoms. The van der Waals surface area contributed by atoms with Crippen molar-refractivity contribution in [3.8, 4) is 0 Å². The lowest BCUT2D eigenvalue weighted by Crippen LogP contribution is -2.04. The number of halogens is 3. The van der Waals surface area contributed by atoms with E-state index in [0.717, 1.165) is 24.1 Å². The van der Waals surface area contributed by atoms with Crippen LogP contribution >= 0.6 is 0 Å². The summed E-state index contributed by atoms with van der Waals surface area (Å²) in [5.41, 5.74) is 1.48. The Hall–Kier alpha value is -1.51. The van der Waals surface area contributed by atoms with Gasteiger partial charge in [-0.05, 0) is 36.1 Å². The standard InChI is InChI=1S/C13H11F3/c14-13(15,16)12-7-5-11(6-8-12)9-10-3-1-2-4-10/h1,3-8H,2,9H2. The van der Waals surface area contributed by atoms with Gasteiger partial charge in [-0.1, -0.05) is 30.4 Å². The fraction of sp³-hybridized carbons (Fsp3) is 0.231. The van der Waals surface area contributed by atoms with E-state index < -0.39 is 11.7 Å². The summed E-state index contributed by atoms with van der Waals surface area (Å²) in [6.45, 7) is 0. The Bertz CT molecular complexity index is 421. The average Bonchev–Trinajstić information content (AvgIpc) is 2.70. The average molecular weight is 224 g/mol. The summed E-state index contributed by atoms with van der Waals surface area (Å²) in [6.07, 6.45) is 3.52. The van der Waals surface area contributed by atoms with Gasteiger partial charge in [-0.2, -0.15) is 13.2 Å². The molecule has 0 nitrogen and oxygen atoms in total. The highest BCUT2D eigenvalue weighted by Crippen LogP contribution is 2.29. The first-order valence-corrected chi connectivity index (χ1v) is 5.07. The largest absolute Gasteiger partial charge is 0.416 e. The first kappa shape index (κ1) is 11.0. The minimum atomic E-state index is -4.24. The smallest absolute Gasteiger partial charge is 0.166 e. The summed E-state index contributed by atoms with van der Waals surface area (Å²) in [6, 6.07) is 5.34. The van der Waals surface area contributed by atoms with Crippen LogP contribution in [0, 0.1) is 0 Å². The van der Waals surface area contributed by atoms with Gasteiger partial charge in [0.05, 0.1) is 5.56 Å². The Morgan fingerprint density at radius 3 is 2.25 bits per heavy atom. The molecule has 0 atom stereocenters. The predicted molar refractivity (Wildman–Crippen MR) is 57.0 cm³/mol. The van der Waals surface area contributed by atoms with E-state index in [1.54, 1.807) is 0 Å². The highest BCUT2D eigenvalue weighted by molar-refractivity contribution is 5.34. The van der Waals surface area contributed by atoms with Gasteiger partial charge < -0.3 is 0 Å². The molecule has 0 saturated carbocycles. The molecule has 16 heavy (non-hydrogen) atoms. The Balaban J connectivity index is 2.10. The van der Waals surface area contributed by atoms with Crippen molar-refractivity contribution in [3.05, 3.63) is 59.2 Å². The molecule has 0 fully saturated rings. The van der Waals surface area contributed by atoms with E-state index >= 15 is 0 Å². The monoisotopic (exact) mass is 224 g/mol. The van der Waals surface area contributed by atoms with Crippen molar-refractivity contribution in [2.45, 2.75) is 19.0 Å². The Morgan fingerprint density at radius 2 is 1.75 bits per heavy atom. The second-order valence-electron chi connectivity index (χ2n) is 3.79. The molecule has 0 aliphatic heterocycles. The molecule has 0 radical (unpaired) electrons. The Kier molecular flexibility index (Phi) is 2.86. The molecule has 1 aromatic rings. The molecule has 0 bridgehead atoms. The normalized spacial score (nSPS) is 15.3. The minimum Gasteiger partial charge on any atom is -0.166 e. The number of benzene rings is 1. The van der Waals surface area contributed by atoms with E-state index in [1.165, 1.54) is 17.7 Å². The van der Waals surface area contributed by atoms with Crippen molar-refractivity contribution in [3.63, 3.8) is 0 Å². The summed E-state index contributed by atoms with van der Waals surface area (Å²) in [5, 5.41) is 0. The van der Waals surface area contributed by atoms with E-state index in [0.29, 0.717) is 6.42 Å². The zero-order valence-corrected chi connectivity index (χ0v) is 8.59. The fourth-order valence-corrected chi connectivity index (χ4v) is 1.69. The Labute approximate surface area is 92.1 Å². The first-order valence-electron chi connectivity index (χ1n) is 5.07. The SMILES string of the molecule is FC(F)(F)c1ccc(CC2=CCC=C2)cc1. The van der Waals surface area contributed by atoms with Gasteiger partial charge >= 0.3 is 6.18 Å². The van der Waals surface area contributed by atoms with Crippen molar-refractivity contribution >= 4 is 0 Å². The third-order valence-corrected chi connectivity index (χ3v) is 2.54. The third-order valence-electron chi connectivity index (χ3n) is 2.54. The summed E-state index contributed by atoms with van der Waals surface area (Å²) >= 11 is 0. The molecule has 2 rings (SSSR count). The summed E-state index contributed by atoms with van der Waals surface area (Å²) in [5.74, 6) is 0. The fourth-order valence-electron chi connectivity index (χ4n) is 1.69. The van der Waals surface area contributed by atoms with Gasteiger partial charge in [0, 0.05) is 0 Å². The Morgan fingerprint density at radius 1 is 1.06 bits per heavy atom. The predicted octanol–water partition coefficient (Wildman–Crippen LogP) is 4.13. The van der Waals surface area contributed by atoms with E-state index in [2.05, 4.69) is 6.08 Å². The van der Waals surface area contributed by atoms with Crippen LogP contribution in [0.2, 0.25) is 0 Å². The topological polar surface area (TPSA) is 0 Å². The second kappa shape index (κ2) is 4.16. The number of alkyl halides is 3. The molecular weight excluding hydrogens is 213 g/mol. The van der Waals surface area contributed by atoms with Crippen LogP contribution in [0.3, 0.4) is 0 Å². The van der Waals surface area contributed by atoms with E-state index in [-0.39, 0.29) is 0 Å². The molecule has 1 aliphatic carbocycles. The van der Waals surface area contributed by atoms with Gasteiger partial charge in [-0.15, -0.1) is 0 Å². The number of hydrogen-bond acceptors (Lipinski definition) is 0. The number of hydrogen-bond donors (Lipinski definition) is 0. The van der Waals surface area contributed by atoms with Gasteiger partial charge in [-0.3, -0.25) is 0 Å². The molecule has 0 heterocycles. The van der Waals surface area contributed by atoms with Crippen molar-refractivity contribution < 1.29 is 13.2 Å². The maximum absolute atomic E-state index is 12.3. The number of rotatable bonds is 2. The van der Waals surface area contributed by atoms with Gasteiger partial charge in [0.2, 0.25) is 0 Å². The maximum atomic E-state index is 12.3. The van der Waals surface area contributed by atoms with Crippen LogP contribution in [0.25, 0.3) is 0 Å². The molecule has 0 aromatic heterocycles. The molecule has 1 aromatic carbocycles. The zero-order valence-electron chi connectivity index (χ0n) is 8.59. The molecule has 0 saturated heterocycles. The third kappa shape index (κ3) is 2.54. The van der Waals surface area contributed by atoms with Crippen LogP contribution in [0.4, 0.5) is 13.2 Å². The van der Waals surface area contributed by atoms with Crippen LogP contribution in [-0.2, 0) is 12.6 Å². The molecule has 0 unspecified atom stereocenters. The van der Waals surface area contributed by atoms with Crippen LogP contribution in [-0.4, -0.2) is 0 Å². The summed E-state index contributed by atoms with van der Waals surface area (Å²) < 4.78 is 36.9. The highest BCUT2D eigenvalue weighted by atomic mass is 19.4. The summed E-state index contributed by atoms with van der Waals surface area (Å²) in [4.78, 5) is 0. The van der Waals surface area contributed by atoms with Crippen LogP contribution < -0.4 is 0 Å².